The predicted molar refractivity (Wildman–Crippen MR) is 116 cm³/mol. The van der Waals surface area contributed by atoms with Gasteiger partial charge in [-0.3, -0.25) is 0 Å². The molecule has 0 spiro atoms. The van der Waals surface area contributed by atoms with Crippen LogP contribution in [-0.4, -0.2) is 51.9 Å². The quantitative estimate of drug-likeness (QED) is 0.660. The molecule has 5 heteroatoms. The Balaban J connectivity index is 1.60. The molecule has 3 heterocycles. The van der Waals surface area contributed by atoms with Crippen molar-refractivity contribution < 1.29 is 9.47 Å². The summed E-state index contributed by atoms with van der Waals surface area (Å²) < 4.78 is 12.9. The smallest absolute Gasteiger partial charge is 0.146 e. The summed E-state index contributed by atoms with van der Waals surface area (Å²) in [5.41, 5.74) is 5.32. The van der Waals surface area contributed by atoms with Crippen LogP contribution in [0.3, 0.4) is 0 Å². The van der Waals surface area contributed by atoms with Crippen molar-refractivity contribution in [2.24, 2.45) is 0 Å². The monoisotopic (exact) mass is 394 g/mol. The Morgan fingerprint density at radius 1 is 1.11 bits per heavy atom. The van der Waals surface area contributed by atoms with Gasteiger partial charge in [0.1, 0.15) is 5.75 Å². The maximum atomic E-state index is 5.98. The van der Waals surface area contributed by atoms with Crippen LogP contribution in [0.25, 0.3) is 10.1 Å². The average molecular weight is 395 g/mol. The summed E-state index contributed by atoms with van der Waals surface area (Å²) >= 11 is 1.81. The van der Waals surface area contributed by atoms with E-state index in [1.165, 1.54) is 32.5 Å². The molecule has 0 N–H and O–H groups in total. The number of thiophene rings is 1. The molecule has 5 rings (SSSR count). The minimum Gasteiger partial charge on any atom is -0.494 e. The van der Waals surface area contributed by atoms with Gasteiger partial charge in [-0.2, -0.15) is 0 Å². The lowest BCUT2D eigenvalue weighted by Gasteiger charge is -2.36. The molecule has 0 saturated carbocycles. The molecule has 0 amide bonds. The number of anilines is 1. The zero-order valence-electron chi connectivity index (χ0n) is 16.5. The molecule has 2 aromatic carbocycles. The van der Waals surface area contributed by atoms with E-state index < -0.39 is 0 Å². The van der Waals surface area contributed by atoms with Gasteiger partial charge in [-0.15, -0.1) is 11.3 Å². The van der Waals surface area contributed by atoms with Crippen molar-refractivity contribution in [2.45, 2.75) is 12.5 Å². The molecular weight excluding hydrogens is 368 g/mol. The van der Waals surface area contributed by atoms with Crippen LogP contribution in [0.1, 0.15) is 22.6 Å². The number of benzene rings is 2. The summed E-state index contributed by atoms with van der Waals surface area (Å²) in [6.45, 7) is 5.36. The molecular formula is C23H26N2O2S. The van der Waals surface area contributed by atoms with Gasteiger partial charge in [-0.1, -0.05) is 12.1 Å². The highest BCUT2D eigenvalue weighted by atomic mass is 32.1. The van der Waals surface area contributed by atoms with Crippen LogP contribution in [0.4, 0.5) is 5.69 Å². The zero-order valence-corrected chi connectivity index (χ0v) is 17.3. The first kappa shape index (κ1) is 18.0. The molecule has 146 valence electrons. The van der Waals surface area contributed by atoms with E-state index in [1.54, 1.807) is 18.4 Å². The summed E-state index contributed by atoms with van der Waals surface area (Å²) in [5, 5.41) is 3.52. The fourth-order valence-electron chi connectivity index (χ4n) is 4.63. The third kappa shape index (κ3) is 3.08. The van der Waals surface area contributed by atoms with E-state index in [-0.39, 0.29) is 0 Å². The van der Waals surface area contributed by atoms with Crippen molar-refractivity contribution >= 4 is 27.1 Å². The van der Waals surface area contributed by atoms with Crippen LogP contribution >= 0.6 is 11.3 Å². The van der Waals surface area contributed by atoms with Crippen molar-refractivity contribution in [3.05, 3.63) is 58.5 Å². The average Bonchev–Trinajstić information content (AvgIpc) is 3.20. The van der Waals surface area contributed by atoms with Gasteiger partial charge in [0, 0.05) is 42.4 Å². The van der Waals surface area contributed by atoms with E-state index in [2.05, 4.69) is 58.6 Å². The fraction of sp³-hybridized carbons (Fsp3) is 0.391. The fourth-order valence-corrected chi connectivity index (χ4v) is 5.40. The number of fused-ring (bicyclic) bond motifs is 2. The summed E-state index contributed by atoms with van der Waals surface area (Å²) in [7, 11) is 4.01. The predicted octanol–water partition coefficient (Wildman–Crippen LogP) is 4.32. The maximum absolute atomic E-state index is 5.98. The highest BCUT2D eigenvalue weighted by Gasteiger charge is 2.30. The first-order valence-corrected chi connectivity index (χ1v) is 10.8. The standard InChI is InChI=1S/C23H26N2O2S/c1-24-14-19(16-3-6-22-17(13-16)7-12-28-22)18-4-5-21(23(26-2)20(18)15-24)25-8-10-27-11-9-25/h3-7,12-13,19H,8-11,14-15H2,1-2H3. The second kappa shape index (κ2) is 7.39. The largest absolute Gasteiger partial charge is 0.494 e. The first-order valence-electron chi connectivity index (χ1n) is 9.93. The Morgan fingerprint density at radius 2 is 1.96 bits per heavy atom. The number of morpholine rings is 1. The SMILES string of the molecule is COc1c(N2CCOCC2)ccc2c1CN(C)CC2c1ccc2sccc2c1. The van der Waals surface area contributed by atoms with Crippen molar-refractivity contribution in [2.75, 3.05) is 51.9 Å². The Hall–Kier alpha value is -2.08. The number of likely N-dealkylation sites (N-methyl/N-ethyl adjacent to an activating group) is 1. The number of hydrogen-bond acceptors (Lipinski definition) is 5. The lowest BCUT2D eigenvalue weighted by Crippen LogP contribution is -2.37. The number of nitrogens with zero attached hydrogens (tertiary/aromatic N) is 2. The van der Waals surface area contributed by atoms with Crippen LogP contribution in [0.5, 0.6) is 5.75 Å². The van der Waals surface area contributed by atoms with Crippen molar-refractivity contribution in [1.82, 2.24) is 4.90 Å². The Morgan fingerprint density at radius 3 is 2.79 bits per heavy atom. The molecule has 4 nitrogen and oxygen atoms in total. The van der Waals surface area contributed by atoms with Crippen molar-refractivity contribution in [3.63, 3.8) is 0 Å². The van der Waals surface area contributed by atoms with Gasteiger partial charge in [-0.25, -0.2) is 0 Å². The van der Waals surface area contributed by atoms with E-state index in [4.69, 9.17) is 9.47 Å². The summed E-state index contributed by atoms with van der Waals surface area (Å²) in [6.07, 6.45) is 0. The minimum absolute atomic E-state index is 0.366. The molecule has 2 aliphatic rings. The van der Waals surface area contributed by atoms with E-state index >= 15 is 0 Å². The molecule has 1 aromatic heterocycles. The molecule has 0 aliphatic carbocycles. The zero-order chi connectivity index (χ0) is 19.1. The van der Waals surface area contributed by atoms with Gasteiger partial charge in [0.25, 0.3) is 0 Å². The molecule has 2 aliphatic heterocycles. The van der Waals surface area contributed by atoms with Gasteiger partial charge in [0.2, 0.25) is 0 Å². The lowest BCUT2D eigenvalue weighted by atomic mass is 9.83. The minimum atomic E-state index is 0.366. The highest BCUT2D eigenvalue weighted by Crippen LogP contribution is 2.43. The lowest BCUT2D eigenvalue weighted by molar-refractivity contribution is 0.122. The van der Waals surface area contributed by atoms with Crippen molar-refractivity contribution in [1.29, 1.82) is 0 Å². The van der Waals surface area contributed by atoms with Gasteiger partial charge < -0.3 is 19.3 Å². The summed E-state index contributed by atoms with van der Waals surface area (Å²) in [4.78, 5) is 4.81. The van der Waals surface area contributed by atoms with E-state index in [0.29, 0.717) is 5.92 Å². The van der Waals surface area contributed by atoms with Crippen LogP contribution in [-0.2, 0) is 11.3 Å². The maximum Gasteiger partial charge on any atom is 0.146 e. The van der Waals surface area contributed by atoms with Gasteiger partial charge in [0.15, 0.2) is 0 Å². The molecule has 1 unspecified atom stereocenters. The number of rotatable bonds is 3. The van der Waals surface area contributed by atoms with Gasteiger partial charge in [0.05, 0.1) is 26.0 Å². The molecule has 1 saturated heterocycles. The highest BCUT2D eigenvalue weighted by molar-refractivity contribution is 7.17. The molecule has 0 bridgehead atoms. The van der Waals surface area contributed by atoms with Crippen LogP contribution < -0.4 is 9.64 Å². The third-order valence-electron chi connectivity index (χ3n) is 6.01. The first-order chi connectivity index (χ1) is 13.7. The number of ether oxygens (including phenoxy) is 2. The molecule has 0 radical (unpaired) electrons. The molecule has 3 aromatic rings. The normalized spacial score (nSPS) is 20.4. The summed E-state index contributed by atoms with van der Waals surface area (Å²) in [5.74, 6) is 1.40. The van der Waals surface area contributed by atoms with E-state index in [1.807, 2.05) is 0 Å². The van der Waals surface area contributed by atoms with Crippen LogP contribution in [0.15, 0.2) is 41.8 Å². The second-order valence-electron chi connectivity index (χ2n) is 7.75. The van der Waals surface area contributed by atoms with Gasteiger partial charge in [-0.05, 0) is 53.2 Å². The third-order valence-corrected chi connectivity index (χ3v) is 6.91. The number of hydrogen-bond donors (Lipinski definition) is 0. The van der Waals surface area contributed by atoms with Crippen LogP contribution in [0, 0.1) is 0 Å². The van der Waals surface area contributed by atoms with Crippen LogP contribution in [0.2, 0.25) is 0 Å². The topological polar surface area (TPSA) is 24.9 Å². The Bertz CT molecular complexity index is 993. The number of methoxy groups -OCH3 is 1. The van der Waals surface area contributed by atoms with E-state index in [0.717, 1.165) is 45.1 Å². The second-order valence-corrected chi connectivity index (χ2v) is 8.70. The Kier molecular flexibility index (Phi) is 4.75. The van der Waals surface area contributed by atoms with Crippen molar-refractivity contribution in [3.8, 4) is 5.75 Å². The summed E-state index contributed by atoms with van der Waals surface area (Å²) in [6, 6.07) is 13.7. The van der Waals surface area contributed by atoms with E-state index in [9.17, 15) is 0 Å². The van der Waals surface area contributed by atoms with Gasteiger partial charge >= 0.3 is 0 Å². The molecule has 28 heavy (non-hydrogen) atoms. The molecule has 1 atom stereocenters. The molecule has 1 fully saturated rings. The Labute approximate surface area is 170 Å².